The lowest BCUT2D eigenvalue weighted by atomic mass is 10.2. The minimum absolute atomic E-state index is 0.0456. The van der Waals surface area contributed by atoms with Gasteiger partial charge < -0.3 is 20.5 Å². The summed E-state index contributed by atoms with van der Waals surface area (Å²) in [6.45, 7) is -0.116. The van der Waals surface area contributed by atoms with Crippen molar-refractivity contribution in [3.63, 3.8) is 0 Å². The number of hydrogen-bond acceptors (Lipinski definition) is 8. The molecule has 5 rings (SSSR count). The number of nitrogens with one attached hydrogen (secondary N) is 2. The highest BCUT2D eigenvalue weighted by atomic mass is 19.1. The van der Waals surface area contributed by atoms with E-state index in [1.165, 1.54) is 24.8 Å². The maximum atomic E-state index is 14.8. The summed E-state index contributed by atoms with van der Waals surface area (Å²) in [5.41, 5.74) is 2.14. The molecule has 2 aromatic carbocycles. The third-order valence-corrected chi connectivity index (χ3v) is 5.01. The average molecular weight is 483 g/mol. The van der Waals surface area contributed by atoms with Crippen molar-refractivity contribution in [1.29, 1.82) is 0 Å². The van der Waals surface area contributed by atoms with Crippen molar-refractivity contribution < 1.29 is 19.0 Å². The highest BCUT2D eigenvalue weighted by Gasteiger charge is 2.11. The van der Waals surface area contributed by atoms with Gasteiger partial charge in [-0.25, -0.2) is 23.9 Å². The number of aliphatic hydroxyl groups excluding tert-OH is 1. The lowest BCUT2D eigenvalue weighted by Gasteiger charge is -2.12. The summed E-state index contributed by atoms with van der Waals surface area (Å²) in [5.74, 6) is 4.78. The van der Waals surface area contributed by atoms with Crippen molar-refractivity contribution >= 4 is 39.6 Å². The Kier molecular flexibility index (Phi) is 6.33. The Morgan fingerprint density at radius 3 is 2.81 bits per heavy atom. The third kappa shape index (κ3) is 5.03. The molecule has 5 aromatic rings. The van der Waals surface area contributed by atoms with Crippen LogP contribution in [-0.2, 0) is 4.79 Å². The number of fused-ring (bicyclic) bond motifs is 2. The number of anilines is 3. The second kappa shape index (κ2) is 10.0. The van der Waals surface area contributed by atoms with Gasteiger partial charge in [-0.1, -0.05) is 5.92 Å². The first-order valence-corrected chi connectivity index (χ1v) is 10.8. The number of amides is 1. The van der Waals surface area contributed by atoms with Crippen LogP contribution < -0.4 is 15.4 Å². The fraction of sp³-hybridized carbons (Fsp3) is 0.0800. The Hall–Kier alpha value is -5.08. The van der Waals surface area contributed by atoms with Gasteiger partial charge in [-0.2, -0.15) is 5.10 Å². The van der Waals surface area contributed by atoms with Gasteiger partial charge in [0.1, 0.15) is 24.2 Å². The Bertz CT molecular complexity index is 1640. The zero-order chi connectivity index (χ0) is 24.9. The van der Waals surface area contributed by atoms with Crippen LogP contribution in [0.4, 0.5) is 21.6 Å². The van der Waals surface area contributed by atoms with Crippen LogP contribution in [0.1, 0.15) is 6.42 Å². The van der Waals surface area contributed by atoms with Crippen LogP contribution in [0.3, 0.4) is 0 Å². The molecule has 1 amide bonds. The number of ether oxygens (including phenoxy) is 1. The summed E-state index contributed by atoms with van der Waals surface area (Å²) in [7, 11) is 0. The molecule has 0 aliphatic carbocycles. The van der Waals surface area contributed by atoms with Crippen molar-refractivity contribution in [3.8, 4) is 23.3 Å². The first-order chi connectivity index (χ1) is 17.6. The molecule has 10 nitrogen and oxygen atoms in total. The lowest BCUT2D eigenvalue weighted by Crippen LogP contribution is -2.08. The van der Waals surface area contributed by atoms with Crippen molar-refractivity contribution in [2.24, 2.45) is 0 Å². The zero-order valence-electron chi connectivity index (χ0n) is 18.6. The minimum Gasteiger partial charge on any atom is -0.454 e. The SMILES string of the molecule is O=C(C#CCCO)Nc1ccc2ncnc(Nc3ccc(Oc4ccn5ncnc5c4)c(F)c3)c2c1. The van der Waals surface area contributed by atoms with Crippen LogP contribution >= 0.6 is 0 Å². The van der Waals surface area contributed by atoms with Gasteiger partial charge >= 0.3 is 0 Å². The molecular weight excluding hydrogens is 465 g/mol. The Morgan fingerprint density at radius 1 is 1.06 bits per heavy atom. The van der Waals surface area contributed by atoms with Gasteiger partial charge in [0, 0.05) is 41.5 Å². The molecule has 36 heavy (non-hydrogen) atoms. The first kappa shape index (κ1) is 22.7. The highest BCUT2D eigenvalue weighted by molar-refractivity contribution is 6.05. The molecule has 0 unspecified atom stereocenters. The predicted octanol–water partition coefficient (Wildman–Crippen LogP) is 3.67. The van der Waals surface area contributed by atoms with Crippen LogP contribution in [0.25, 0.3) is 16.6 Å². The lowest BCUT2D eigenvalue weighted by molar-refractivity contribution is -0.111. The highest BCUT2D eigenvalue weighted by Crippen LogP contribution is 2.30. The largest absolute Gasteiger partial charge is 0.454 e. The van der Waals surface area contributed by atoms with Crippen LogP contribution in [-0.4, -0.2) is 42.2 Å². The number of benzene rings is 2. The smallest absolute Gasteiger partial charge is 0.300 e. The zero-order valence-corrected chi connectivity index (χ0v) is 18.6. The van der Waals surface area contributed by atoms with E-state index in [1.54, 1.807) is 47.1 Å². The average Bonchev–Trinajstić information content (AvgIpc) is 3.34. The normalized spacial score (nSPS) is 10.6. The molecule has 178 valence electrons. The predicted molar refractivity (Wildman–Crippen MR) is 130 cm³/mol. The molecule has 3 N–H and O–H groups in total. The summed E-state index contributed by atoms with van der Waals surface area (Å²) in [5, 5.41) is 19.2. The van der Waals surface area contributed by atoms with Crippen LogP contribution in [0.2, 0.25) is 0 Å². The number of aliphatic hydroxyl groups is 1. The fourth-order valence-corrected chi connectivity index (χ4v) is 3.38. The summed E-state index contributed by atoms with van der Waals surface area (Å²) < 4.78 is 22.1. The molecule has 3 aromatic heterocycles. The number of aromatic nitrogens is 5. The molecule has 0 atom stereocenters. The maximum absolute atomic E-state index is 14.8. The van der Waals surface area contributed by atoms with Crippen molar-refractivity contribution in [3.05, 3.63) is 73.2 Å². The molecular formula is C25H18FN7O3. The fourth-order valence-electron chi connectivity index (χ4n) is 3.38. The summed E-state index contributed by atoms with van der Waals surface area (Å²) in [4.78, 5) is 24.6. The van der Waals surface area contributed by atoms with E-state index in [0.29, 0.717) is 39.5 Å². The van der Waals surface area contributed by atoms with Gasteiger partial charge in [0.2, 0.25) is 0 Å². The number of halogens is 1. The van der Waals surface area contributed by atoms with Crippen molar-refractivity contribution in [2.45, 2.75) is 6.42 Å². The second-order valence-electron chi connectivity index (χ2n) is 7.48. The standard InChI is InChI=1S/C25H18FN7O3/c26-20-12-17(5-7-22(20)36-18-8-9-33-23(13-18)28-15-30-33)32-25-19-11-16(4-6-21(19)27-14-29-25)31-24(35)3-1-2-10-34/h4-9,11-15,34H,2,10H2,(H,31,35)(H,27,29,32). The van der Waals surface area contributed by atoms with Gasteiger partial charge in [0.15, 0.2) is 17.2 Å². The minimum atomic E-state index is -0.575. The molecule has 0 saturated carbocycles. The quantitative estimate of drug-likeness (QED) is 0.312. The molecule has 0 bridgehead atoms. The van der Waals surface area contributed by atoms with Gasteiger partial charge in [-0.05, 0) is 42.3 Å². The monoisotopic (exact) mass is 483 g/mol. The van der Waals surface area contributed by atoms with Gasteiger partial charge in [0.25, 0.3) is 5.91 Å². The maximum Gasteiger partial charge on any atom is 0.300 e. The number of hydrogen-bond donors (Lipinski definition) is 3. The molecule has 0 aliphatic rings. The Labute approximate surface area is 203 Å². The molecule has 0 saturated heterocycles. The molecule has 11 heteroatoms. The summed E-state index contributed by atoms with van der Waals surface area (Å²) in [6.07, 6.45) is 4.69. The number of pyridine rings is 1. The topological polar surface area (TPSA) is 127 Å². The van der Waals surface area contributed by atoms with Gasteiger partial charge in [-0.3, -0.25) is 4.79 Å². The third-order valence-electron chi connectivity index (χ3n) is 5.01. The summed E-state index contributed by atoms with van der Waals surface area (Å²) in [6, 6.07) is 12.9. The Balaban J connectivity index is 1.35. The van der Waals surface area contributed by atoms with Crippen LogP contribution in [0.5, 0.6) is 11.5 Å². The van der Waals surface area contributed by atoms with Crippen LogP contribution in [0.15, 0.2) is 67.4 Å². The van der Waals surface area contributed by atoms with E-state index in [-0.39, 0.29) is 18.8 Å². The molecule has 0 radical (unpaired) electrons. The number of carbonyl (C=O) groups excluding carboxylic acids is 1. The second-order valence-corrected chi connectivity index (χ2v) is 7.48. The van der Waals surface area contributed by atoms with E-state index in [4.69, 9.17) is 9.84 Å². The van der Waals surface area contributed by atoms with Crippen molar-refractivity contribution in [1.82, 2.24) is 24.6 Å². The van der Waals surface area contributed by atoms with E-state index in [1.807, 2.05) is 0 Å². The molecule has 0 fully saturated rings. The number of carbonyl (C=O) groups is 1. The van der Waals surface area contributed by atoms with E-state index in [0.717, 1.165) is 0 Å². The molecule has 0 spiro atoms. The van der Waals surface area contributed by atoms with E-state index >= 15 is 0 Å². The number of nitrogens with zero attached hydrogens (tertiary/aromatic N) is 5. The van der Waals surface area contributed by atoms with E-state index in [2.05, 4.69) is 42.5 Å². The summed E-state index contributed by atoms with van der Waals surface area (Å²) >= 11 is 0. The molecule has 0 aliphatic heterocycles. The van der Waals surface area contributed by atoms with Crippen LogP contribution in [0, 0.1) is 17.7 Å². The van der Waals surface area contributed by atoms with E-state index < -0.39 is 11.7 Å². The van der Waals surface area contributed by atoms with Crippen molar-refractivity contribution in [2.75, 3.05) is 17.2 Å². The Morgan fingerprint density at radius 2 is 1.94 bits per heavy atom. The molecule has 3 heterocycles. The van der Waals surface area contributed by atoms with Gasteiger partial charge in [0.05, 0.1) is 12.1 Å². The van der Waals surface area contributed by atoms with E-state index in [9.17, 15) is 9.18 Å². The number of rotatable bonds is 6. The van der Waals surface area contributed by atoms with Gasteiger partial charge in [-0.15, -0.1) is 0 Å². The first-order valence-electron chi connectivity index (χ1n) is 10.8.